The summed E-state index contributed by atoms with van der Waals surface area (Å²) in [4.78, 5) is 39.6. The molecule has 1 N–H and O–H groups in total. The van der Waals surface area contributed by atoms with Gasteiger partial charge in [0.2, 0.25) is 0 Å². The number of carbonyl (C=O) groups is 2. The van der Waals surface area contributed by atoms with Gasteiger partial charge in [-0.1, -0.05) is 47.5 Å². The summed E-state index contributed by atoms with van der Waals surface area (Å²) in [5, 5.41) is 9.85. The van der Waals surface area contributed by atoms with Gasteiger partial charge in [-0.15, -0.1) is 11.3 Å². The Kier molecular flexibility index (Phi) is 7.25. The van der Waals surface area contributed by atoms with E-state index in [9.17, 15) is 14.4 Å². The Morgan fingerprint density at radius 3 is 2.26 bits per heavy atom. The molecule has 35 heavy (non-hydrogen) atoms. The molecule has 180 valence electrons. The first-order chi connectivity index (χ1) is 16.8. The van der Waals surface area contributed by atoms with Gasteiger partial charge in [0.15, 0.2) is 0 Å². The summed E-state index contributed by atoms with van der Waals surface area (Å²) in [6, 6.07) is 13.5. The van der Waals surface area contributed by atoms with Crippen molar-refractivity contribution in [3.63, 3.8) is 0 Å². The molecule has 7 nitrogen and oxygen atoms in total. The Balaban J connectivity index is 2.08. The number of thiazole rings is 1. The van der Waals surface area contributed by atoms with E-state index < -0.39 is 29.3 Å². The number of esters is 2. The minimum absolute atomic E-state index is 0.0926. The zero-order valence-electron chi connectivity index (χ0n) is 18.7. The third-order valence-electron chi connectivity index (χ3n) is 5.58. The minimum atomic E-state index is -1.25. The lowest BCUT2D eigenvalue weighted by Gasteiger charge is -2.31. The van der Waals surface area contributed by atoms with Crippen LogP contribution in [0.3, 0.4) is 0 Å². The van der Waals surface area contributed by atoms with Gasteiger partial charge >= 0.3 is 11.9 Å². The third kappa shape index (κ3) is 4.69. The second kappa shape index (κ2) is 10.2. The van der Waals surface area contributed by atoms with Crippen LogP contribution in [0.4, 0.5) is 0 Å². The number of hydrogen-bond donors (Lipinski definition) is 1. The second-order valence-electron chi connectivity index (χ2n) is 7.66. The number of benzene rings is 2. The van der Waals surface area contributed by atoms with Crippen LogP contribution in [0, 0.1) is 11.3 Å². The zero-order chi connectivity index (χ0) is 25.3. The summed E-state index contributed by atoms with van der Waals surface area (Å²) >= 11 is 13.1. The Bertz CT molecular complexity index is 1490. The molecule has 2 atom stereocenters. The van der Waals surface area contributed by atoms with Crippen molar-refractivity contribution in [2.24, 2.45) is 5.92 Å². The van der Waals surface area contributed by atoms with Crippen LogP contribution in [0.1, 0.15) is 24.0 Å². The lowest BCUT2D eigenvalue weighted by atomic mass is 9.78. The third-order valence-corrected chi connectivity index (χ3v) is 7.19. The number of ether oxygens (including phenoxy) is 2. The van der Waals surface area contributed by atoms with Crippen molar-refractivity contribution in [3.8, 4) is 0 Å². The van der Waals surface area contributed by atoms with E-state index in [0.717, 1.165) is 15.9 Å². The first-order valence-electron chi connectivity index (χ1n) is 10.6. The van der Waals surface area contributed by atoms with E-state index in [0.29, 0.717) is 21.2 Å². The molecule has 3 aromatic rings. The summed E-state index contributed by atoms with van der Waals surface area (Å²) in [5.41, 5.74) is 0.871. The average molecular weight is 531 g/mol. The topological polar surface area (TPSA) is 98.5 Å². The highest BCUT2D eigenvalue weighted by Crippen LogP contribution is 2.37. The van der Waals surface area contributed by atoms with Crippen LogP contribution in [0.15, 0.2) is 53.3 Å². The van der Waals surface area contributed by atoms with Gasteiger partial charge < -0.3 is 9.47 Å². The monoisotopic (exact) mass is 530 g/mol. The predicted molar refractivity (Wildman–Crippen MR) is 136 cm³/mol. The average Bonchev–Trinajstić information content (AvgIpc) is 3.16. The molecule has 4 rings (SSSR count). The molecule has 1 aliphatic heterocycles. The fourth-order valence-corrected chi connectivity index (χ4v) is 5.44. The number of hydrogen-bond acceptors (Lipinski definition) is 7. The van der Waals surface area contributed by atoms with Gasteiger partial charge in [-0.05, 0) is 48.4 Å². The Morgan fingerprint density at radius 1 is 1.09 bits per heavy atom. The molecule has 0 saturated heterocycles. The second-order valence-corrected chi connectivity index (χ2v) is 9.56. The van der Waals surface area contributed by atoms with Crippen LogP contribution in [-0.4, -0.2) is 36.1 Å². The fourth-order valence-electron chi connectivity index (χ4n) is 4.02. The number of halogens is 2. The van der Waals surface area contributed by atoms with Crippen molar-refractivity contribution in [2.75, 3.05) is 13.7 Å². The Morgan fingerprint density at radius 2 is 1.69 bits per heavy atom. The van der Waals surface area contributed by atoms with Crippen LogP contribution in [-0.2, 0) is 19.1 Å². The van der Waals surface area contributed by atoms with E-state index in [1.54, 1.807) is 61.5 Å². The lowest BCUT2D eigenvalue weighted by molar-refractivity contribution is -0.143. The van der Waals surface area contributed by atoms with Crippen molar-refractivity contribution in [1.82, 2.24) is 4.57 Å². The number of carbonyl (C=O) groups excluding carboxylic acids is 2. The highest BCUT2D eigenvalue weighted by molar-refractivity contribution is 7.07. The fraction of sp³-hybridized carbons (Fsp3) is 0.200. The number of nitrogens with one attached hydrogen (secondary N) is 1. The molecule has 10 heteroatoms. The van der Waals surface area contributed by atoms with Crippen LogP contribution in [0.2, 0.25) is 10.0 Å². The number of rotatable bonds is 5. The van der Waals surface area contributed by atoms with Crippen molar-refractivity contribution in [1.29, 1.82) is 5.41 Å². The molecule has 2 heterocycles. The molecule has 0 saturated carbocycles. The van der Waals surface area contributed by atoms with Gasteiger partial charge in [0.1, 0.15) is 16.4 Å². The number of methoxy groups -OCH3 is 1. The molecule has 0 spiro atoms. The van der Waals surface area contributed by atoms with Crippen molar-refractivity contribution >= 4 is 64.0 Å². The van der Waals surface area contributed by atoms with Gasteiger partial charge in [-0.25, -0.2) is 4.79 Å². The minimum Gasteiger partial charge on any atom is -0.468 e. The number of fused-ring (bicyclic) bond motifs is 1. The summed E-state index contributed by atoms with van der Waals surface area (Å²) in [5.74, 6) is -3.86. The first kappa shape index (κ1) is 24.9. The molecular weight excluding hydrogens is 511 g/mol. The summed E-state index contributed by atoms with van der Waals surface area (Å²) in [7, 11) is 1.20. The van der Waals surface area contributed by atoms with E-state index in [-0.39, 0.29) is 27.2 Å². The summed E-state index contributed by atoms with van der Waals surface area (Å²) < 4.78 is 11.9. The van der Waals surface area contributed by atoms with Gasteiger partial charge in [0, 0.05) is 16.0 Å². The van der Waals surface area contributed by atoms with Crippen LogP contribution < -0.4 is 14.8 Å². The van der Waals surface area contributed by atoms with Crippen molar-refractivity contribution in [2.45, 2.75) is 12.8 Å². The molecule has 1 aliphatic rings. The summed E-state index contributed by atoms with van der Waals surface area (Å²) in [6.45, 7) is 1.76. The molecule has 0 radical (unpaired) electrons. The van der Waals surface area contributed by atoms with E-state index in [1.807, 2.05) is 0 Å². The molecule has 0 fully saturated rings. The van der Waals surface area contributed by atoms with Gasteiger partial charge in [-0.3, -0.25) is 19.6 Å². The highest BCUT2D eigenvalue weighted by Gasteiger charge is 2.45. The lowest BCUT2D eigenvalue weighted by Crippen LogP contribution is -2.50. The molecule has 0 amide bonds. The molecular formula is C25H20Cl2N2O5S. The molecule has 1 aromatic heterocycles. The van der Waals surface area contributed by atoms with Gasteiger partial charge in [0.05, 0.1) is 23.8 Å². The standard InChI is InChI=1S/C25H20Cl2N2O5S/c1-3-34-25(32)20-18(14-6-10-16(27)11-7-14)19(24(31)33-2)21(28)29-22(30)17(35-23(20)29)12-13-4-8-15(26)9-5-13/h4-12,18-19,28H,3H2,1-2H3/b17-12+,28-21?. The van der Waals surface area contributed by atoms with E-state index >= 15 is 0 Å². The van der Waals surface area contributed by atoms with Crippen molar-refractivity contribution < 1.29 is 19.1 Å². The van der Waals surface area contributed by atoms with Crippen LogP contribution in [0.25, 0.3) is 11.6 Å². The smallest absolute Gasteiger partial charge is 0.337 e. The predicted octanol–water partition coefficient (Wildman–Crippen LogP) is 3.17. The van der Waals surface area contributed by atoms with E-state index in [1.165, 1.54) is 7.11 Å². The molecule has 2 aromatic carbocycles. The van der Waals surface area contributed by atoms with Gasteiger partial charge in [0.25, 0.3) is 5.56 Å². The SMILES string of the molecule is CCOC(=O)C1=c2s/c(=C/c3ccc(Cl)cc3)c(=O)n2C(=N)C(C(=O)OC)C1c1ccc(Cl)cc1. The Hall–Kier alpha value is -3.20. The maximum atomic E-state index is 13.4. The van der Waals surface area contributed by atoms with Gasteiger partial charge in [-0.2, -0.15) is 0 Å². The molecule has 0 bridgehead atoms. The van der Waals surface area contributed by atoms with E-state index in [2.05, 4.69) is 0 Å². The quantitative estimate of drug-likeness (QED) is 0.511. The number of aromatic nitrogens is 1. The van der Waals surface area contributed by atoms with E-state index in [4.69, 9.17) is 38.1 Å². The maximum absolute atomic E-state index is 13.4. The zero-order valence-corrected chi connectivity index (χ0v) is 21.0. The first-order valence-corrected chi connectivity index (χ1v) is 12.2. The largest absolute Gasteiger partial charge is 0.468 e. The maximum Gasteiger partial charge on any atom is 0.337 e. The normalized spacial score (nSPS) is 17.8. The molecule has 0 aliphatic carbocycles. The van der Waals surface area contributed by atoms with Crippen LogP contribution in [0.5, 0.6) is 0 Å². The van der Waals surface area contributed by atoms with Crippen molar-refractivity contribution in [3.05, 3.63) is 89.3 Å². The number of nitrogens with zero attached hydrogens (tertiary/aromatic N) is 1. The Labute approximate surface area is 214 Å². The van der Waals surface area contributed by atoms with Crippen LogP contribution >= 0.6 is 34.5 Å². The highest BCUT2D eigenvalue weighted by atomic mass is 35.5. The summed E-state index contributed by atoms with van der Waals surface area (Å²) in [6.07, 6.45) is 1.65. The molecule has 2 unspecified atom stereocenters.